The summed E-state index contributed by atoms with van der Waals surface area (Å²) in [6, 6.07) is 11.8. The lowest BCUT2D eigenvalue weighted by molar-refractivity contribution is -0.115. The largest absolute Gasteiger partial charge is 0.441 e. The lowest BCUT2D eigenvalue weighted by atomic mass is 9.99. The Balaban J connectivity index is 1.37. The van der Waals surface area contributed by atoms with E-state index in [0.29, 0.717) is 17.3 Å². The number of carbonyl (C=O) groups excluding carboxylic acids is 1. The number of carbonyl (C=O) groups is 1. The van der Waals surface area contributed by atoms with Crippen LogP contribution in [0.5, 0.6) is 0 Å². The van der Waals surface area contributed by atoms with Crippen molar-refractivity contribution >= 4 is 17.3 Å². The summed E-state index contributed by atoms with van der Waals surface area (Å²) in [4.78, 5) is 23.4. The second-order valence-electron chi connectivity index (χ2n) is 7.70. The molecule has 0 bridgehead atoms. The Bertz CT molecular complexity index is 958. The summed E-state index contributed by atoms with van der Waals surface area (Å²) in [5.41, 5.74) is 3.44. The Hall–Kier alpha value is -3.15. The van der Waals surface area contributed by atoms with Gasteiger partial charge in [0.25, 0.3) is 0 Å². The van der Waals surface area contributed by atoms with Gasteiger partial charge in [-0.15, -0.1) is 0 Å². The number of hydrogen-bond donors (Lipinski definition) is 1. The molecule has 150 valence electrons. The minimum atomic E-state index is -0.112. The summed E-state index contributed by atoms with van der Waals surface area (Å²) >= 11 is 0. The van der Waals surface area contributed by atoms with Gasteiger partial charge in [-0.25, -0.2) is 4.98 Å². The van der Waals surface area contributed by atoms with E-state index in [1.807, 2.05) is 31.2 Å². The van der Waals surface area contributed by atoms with Gasteiger partial charge in [0.2, 0.25) is 11.8 Å². The summed E-state index contributed by atoms with van der Waals surface area (Å²) in [5.74, 6) is 1.83. The molecule has 6 heteroatoms. The van der Waals surface area contributed by atoms with Crippen molar-refractivity contribution in [2.24, 2.45) is 5.92 Å². The predicted octanol–water partition coefficient (Wildman–Crippen LogP) is 4.46. The summed E-state index contributed by atoms with van der Waals surface area (Å²) in [6.45, 7) is 6.32. The van der Waals surface area contributed by atoms with Gasteiger partial charge in [-0.3, -0.25) is 9.78 Å². The fourth-order valence-electron chi connectivity index (χ4n) is 3.58. The molecule has 2 aromatic heterocycles. The molecule has 1 aromatic carbocycles. The maximum Gasteiger partial charge on any atom is 0.230 e. The molecule has 6 nitrogen and oxygen atoms in total. The first-order valence-corrected chi connectivity index (χ1v) is 10.1. The number of rotatable bonds is 5. The highest BCUT2D eigenvalue weighted by molar-refractivity contribution is 5.92. The molecule has 29 heavy (non-hydrogen) atoms. The molecular formula is C23H26N4O2. The Morgan fingerprint density at radius 1 is 1.21 bits per heavy atom. The van der Waals surface area contributed by atoms with Crippen LogP contribution in [0.1, 0.15) is 31.2 Å². The van der Waals surface area contributed by atoms with E-state index in [4.69, 9.17) is 4.42 Å². The Labute approximate surface area is 171 Å². The van der Waals surface area contributed by atoms with E-state index < -0.39 is 0 Å². The molecule has 1 amide bonds. The average molecular weight is 390 g/mol. The van der Waals surface area contributed by atoms with Crippen LogP contribution < -0.4 is 10.2 Å². The van der Waals surface area contributed by atoms with Crippen LogP contribution in [0.25, 0.3) is 11.5 Å². The molecule has 1 N–H and O–H groups in total. The summed E-state index contributed by atoms with van der Waals surface area (Å²) in [7, 11) is 0. The van der Waals surface area contributed by atoms with Gasteiger partial charge in [0.05, 0.1) is 17.7 Å². The van der Waals surface area contributed by atoms with E-state index in [-0.39, 0.29) is 12.3 Å². The van der Waals surface area contributed by atoms with Crippen LogP contribution in [0.3, 0.4) is 0 Å². The minimum Gasteiger partial charge on any atom is -0.441 e. The number of pyridine rings is 1. The highest BCUT2D eigenvalue weighted by atomic mass is 16.4. The third-order valence-corrected chi connectivity index (χ3v) is 5.43. The third kappa shape index (κ3) is 4.65. The van der Waals surface area contributed by atoms with Crippen molar-refractivity contribution in [3.8, 4) is 11.5 Å². The molecule has 0 radical (unpaired) electrons. The maximum absolute atomic E-state index is 12.5. The van der Waals surface area contributed by atoms with Crippen LogP contribution >= 0.6 is 0 Å². The summed E-state index contributed by atoms with van der Waals surface area (Å²) in [6.07, 6.45) is 6.03. The van der Waals surface area contributed by atoms with Crippen LogP contribution in [0.2, 0.25) is 0 Å². The Morgan fingerprint density at radius 2 is 1.97 bits per heavy atom. The number of oxazole rings is 1. The molecule has 0 atom stereocenters. The van der Waals surface area contributed by atoms with E-state index in [9.17, 15) is 4.79 Å². The van der Waals surface area contributed by atoms with Crippen LogP contribution in [-0.2, 0) is 11.2 Å². The number of hydrogen-bond acceptors (Lipinski definition) is 5. The quantitative estimate of drug-likeness (QED) is 0.696. The van der Waals surface area contributed by atoms with Crippen molar-refractivity contribution in [2.75, 3.05) is 23.3 Å². The zero-order valence-corrected chi connectivity index (χ0v) is 16.9. The smallest absolute Gasteiger partial charge is 0.230 e. The standard InChI is InChI=1S/C23H26N4O2/c1-16-9-12-27(13-10-16)20-7-5-19(6-8-20)25-22(28)14-21-17(2)29-23(26-21)18-4-3-11-24-15-18/h3-8,11,15-16H,9-10,12-14H2,1-2H3,(H,25,28). The fourth-order valence-corrected chi connectivity index (χ4v) is 3.58. The number of nitrogens with one attached hydrogen (secondary N) is 1. The molecule has 0 unspecified atom stereocenters. The van der Waals surface area contributed by atoms with Crippen molar-refractivity contribution < 1.29 is 9.21 Å². The number of piperidine rings is 1. The first kappa shape index (κ1) is 19.2. The number of anilines is 2. The fraction of sp³-hybridized carbons (Fsp3) is 0.348. The van der Waals surface area contributed by atoms with Gasteiger partial charge in [0, 0.05) is 36.9 Å². The van der Waals surface area contributed by atoms with Gasteiger partial charge in [0.15, 0.2) is 0 Å². The predicted molar refractivity (Wildman–Crippen MR) is 114 cm³/mol. The Kier molecular flexibility index (Phi) is 5.60. The van der Waals surface area contributed by atoms with E-state index in [2.05, 4.69) is 39.2 Å². The normalized spacial score (nSPS) is 14.8. The van der Waals surface area contributed by atoms with E-state index in [1.165, 1.54) is 18.5 Å². The monoisotopic (exact) mass is 390 g/mol. The second-order valence-corrected chi connectivity index (χ2v) is 7.70. The van der Waals surface area contributed by atoms with Crippen LogP contribution in [-0.4, -0.2) is 29.0 Å². The Morgan fingerprint density at radius 3 is 2.66 bits per heavy atom. The van der Waals surface area contributed by atoms with Gasteiger partial charge >= 0.3 is 0 Å². The first-order chi connectivity index (χ1) is 14.1. The highest BCUT2D eigenvalue weighted by Crippen LogP contribution is 2.25. The van der Waals surface area contributed by atoms with E-state index in [1.54, 1.807) is 12.4 Å². The van der Waals surface area contributed by atoms with Crippen molar-refractivity contribution in [3.05, 3.63) is 60.2 Å². The lowest BCUT2D eigenvalue weighted by Gasteiger charge is -2.32. The maximum atomic E-state index is 12.5. The number of aromatic nitrogens is 2. The van der Waals surface area contributed by atoms with Crippen molar-refractivity contribution in [1.29, 1.82) is 0 Å². The molecular weight excluding hydrogens is 364 g/mol. The number of aryl methyl sites for hydroxylation is 1. The second kappa shape index (κ2) is 8.47. The number of nitrogens with zero attached hydrogens (tertiary/aromatic N) is 3. The van der Waals surface area contributed by atoms with Gasteiger partial charge < -0.3 is 14.6 Å². The van der Waals surface area contributed by atoms with Gasteiger partial charge in [0.1, 0.15) is 5.76 Å². The SMILES string of the molecule is Cc1oc(-c2cccnc2)nc1CC(=O)Nc1ccc(N2CCC(C)CC2)cc1. The molecule has 1 saturated heterocycles. The molecule has 0 saturated carbocycles. The molecule has 3 aromatic rings. The van der Waals surface area contributed by atoms with Crippen LogP contribution in [0.4, 0.5) is 11.4 Å². The van der Waals surface area contributed by atoms with Crippen LogP contribution in [0.15, 0.2) is 53.2 Å². The highest BCUT2D eigenvalue weighted by Gasteiger charge is 2.17. The molecule has 0 aliphatic carbocycles. The lowest BCUT2D eigenvalue weighted by Crippen LogP contribution is -2.32. The minimum absolute atomic E-state index is 0.112. The molecule has 3 heterocycles. The van der Waals surface area contributed by atoms with E-state index >= 15 is 0 Å². The summed E-state index contributed by atoms with van der Waals surface area (Å²) < 4.78 is 5.71. The van der Waals surface area contributed by atoms with Gasteiger partial charge in [-0.2, -0.15) is 0 Å². The number of amides is 1. The average Bonchev–Trinajstić information content (AvgIpc) is 3.10. The van der Waals surface area contributed by atoms with Gasteiger partial charge in [-0.1, -0.05) is 6.92 Å². The summed E-state index contributed by atoms with van der Waals surface area (Å²) in [5, 5.41) is 2.95. The van der Waals surface area contributed by atoms with Crippen LogP contribution in [0, 0.1) is 12.8 Å². The van der Waals surface area contributed by atoms with Crippen molar-refractivity contribution in [3.63, 3.8) is 0 Å². The third-order valence-electron chi connectivity index (χ3n) is 5.43. The molecule has 1 fully saturated rings. The molecule has 1 aliphatic rings. The molecule has 1 aliphatic heterocycles. The van der Waals surface area contributed by atoms with Crippen molar-refractivity contribution in [2.45, 2.75) is 33.1 Å². The van der Waals surface area contributed by atoms with Gasteiger partial charge in [-0.05, 0) is 62.1 Å². The molecule has 4 rings (SSSR count). The van der Waals surface area contributed by atoms with E-state index in [0.717, 1.165) is 30.3 Å². The zero-order valence-electron chi connectivity index (χ0n) is 16.9. The number of benzene rings is 1. The first-order valence-electron chi connectivity index (χ1n) is 10.1. The topological polar surface area (TPSA) is 71.3 Å². The molecule has 0 spiro atoms. The van der Waals surface area contributed by atoms with Crippen molar-refractivity contribution in [1.82, 2.24) is 9.97 Å². The zero-order chi connectivity index (χ0) is 20.2.